The van der Waals surface area contributed by atoms with Crippen LogP contribution < -0.4 is 0 Å². The van der Waals surface area contributed by atoms with E-state index in [-0.39, 0.29) is 5.78 Å². The SMILES string of the molecule is CC(=O)[C@]1(N=Nc2cccc(Br)c2)N=C1C. The minimum absolute atomic E-state index is 0.0938. The Kier molecular flexibility index (Phi) is 2.71. The third-order valence-electron chi connectivity index (χ3n) is 2.39. The molecule has 1 aromatic carbocycles. The quantitative estimate of drug-likeness (QED) is 0.784. The maximum absolute atomic E-state index is 11.3. The first-order chi connectivity index (χ1) is 7.54. The van der Waals surface area contributed by atoms with Crippen LogP contribution in [-0.4, -0.2) is 17.2 Å². The van der Waals surface area contributed by atoms with Gasteiger partial charge in [-0.15, -0.1) is 5.11 Å². The highest BCUT2D eigenvalue weighted by Crippen LogP contribution is 2.32. The molecule has 0 saturated heterocycles. The summed E-state index contributed by atoms with van der Waals surface area (Å²) >= 11 is 3.34. The molecule has 1 atom stereocenters. The van der Waals surface area contributed by atoms with Gasteiger partial charge in [-0.05, 0) is 32.0 Å². The van der Waals surface area contributed by atoms with Gasteiger partial charge in [0.25, 0.3) is 5.66 Å². The van der Waals surface area contributed by atoms with Gasteiger partial charge in [-0.25, -0.2) is 4.99 Å². The van der Waals surface area contributed by atoms with Crippen molar-refractivity contribution in [2.24, 2.45) is 15.2 Å². The fraction of sp³-hybridized carbons (Fsp3) is 0.273. The maximum Gasteiger partial charge on any atom is 0.266 e. The van der Waals surface area contributed by atoms with Gasteiger partial charge in [-0.3, -0.25) is 4.79 Å². The summed E-state index contributed by atoms with van der Waals surface area (Å²) in [7, 11) is 0. The predicted octanol–water partition coefficient (Wildman–Crippen LogP) is 3.29. The molecule has 0 radical (unpaired) electrons. The van der Waals surface area contributed by atoms with Crippen LogP contribution in [0.4, 0.5) is 5.69 Å². The van der Waals surface area contributed by atoms with Crippen molar-refractivity contribution in [3.05, 3.63) is 28.7 Å². The average Bonchev–Trinajstić information content (AvgIpc) is 2.88. The molecule has 0 spiro atoms. The number of rotatable bonds is 3. The van der Waals surface area contributed by atoms with E-state index >= 15 is 0 Å². The van der Waals surface area contributed by atoms with Gasteiger partial charge < -0.3 is 0 Å². The van der Waals surface area contributed by atoms with Crippen molar-refractivity contribution in [3.63, 3.8) is 0 Å². The molecule has 4 nitrogen and oxygen atoms in total. The van der Waals surface area contributed by atoms with Crippen LogP contribution in [0.1, 0.15) is 13.8 Å². The van der Waals surface area contributed by atoms with Crippen LogP contribution in [0.15, 0.2) is 44.0 Å². The van der Waals surface area contributed by atoms with E-state index in [1.165, 1.54) is 6.92 Å². The number of Topliss-reactive ketones (excluding diaryl/α,β-unsaturated/α-hetero) is 1. The summed E-state index contributed by atoms with van der Waals surface area (Å²) in [5.74, 6) is -0.0938. The Labute approximate surface area is 102 Å². The van der Waals surface area contributed by atoms with Gasteiger partial charge in [0, 0.05) is 4.47 Å². The summed E-state index contributed by atoms with van der Waals surface area (Å²) < 4.78 is 0.925. The van der Waals surface area contributed by atoms with Crippen LogP contribution in [-0.2, 0) is 4.79 Å². The Morgan fingerprint density at radius 3 is 2.69 bits per heavy atom. The molecular formula is C11H10BrN3O. The minimum atomic E-state index is -0.998. The van der Waals surface area contributed by atoms with Gasteiger partial charge in [0.2, 0.25) is 0 Å². The highest BCUT2D eigenvalue weighted by atomic mass is 79.9. The molecular weight excluding hydrogens is 270 g/mol. The van der Waals surface area contributed by atoms with E-state index in [0.717, 1.165) is 10.2 Å². The normalized spacial score (nSPS) is 23.3. The number of ketones is 1. The van der Waals surface area contributed by atoms with Crippen LogP contribution >= 0.6 is 15.9 Å². The number of halogens is 1. The number of carbonyl (C=O) groups excluding carboxylic acids is 1. The molecule has 1 aromatic rings. The zero-order chi connectivity index (χ0) is 11.8. The molecule has 1 aliphatic heterocycles. The molecule has 1 aliphatic rings. The van der Waals surface area contributed by atoms with E-state index < -0.39 is 5.66 Å². The molecule has 0 aromatic heterocycles. The molecule has 1 heterocycles. The molecule has 0 aliphatic carbocycles. The number of hydrogen-bond acceptors (Lipinski definition) is 4. The monoisotopic (exact) mass is 279 g/mol. The summed E-state index contributed by atoms with van der Waals surface area (Å²) in [4.78, 5) is 15.4. The van der Waals surface area contributed by atoms with Gasteiger partial charge in [0.05, 0.1) is 11.4 Å². The van der Waals surface area contributed by atoms with Gasteiger partial charge in [0.15, 0.2) is 5.78 Å². The topological polar surface area (TPSA) is 54.1 Å². The number of carbonyl (C=O) groups is 1. The highest BCUT2D eigenvalue weighted by Gasteiger charge is 2.49. The molecule has 0 saturated carbocycles. The second-order valence-corrected chi connectivity index (χ2v) is 4.52. The number of azo groups is 1. The summed E-state index contributed by atoms with van der Waals surface area (Å²) in [6, 6.07) is 7.41. The zero-order valence-corrected chi connectivity index (χ0v) is 10.5. The van der Waals surface area contributed by atoms with E-state index in [4.69, 9.17) is 0 Å². The number of nitrogens with zero attached hydrogens (tertiary/aromatic N) is 3. The lowest BCUT2D eigenvalue weighted by atomic mass is 10.1. The first-order valence-corrected chi connectivity index (χ1v) is 5.60. The molecule has 0 N–H and O–H groups in total. The molecule has 2 rings (SSSR count). The van der Waals surface area contributed by atoms with Crippen LogP contribution in [0.3, 0.4) is 0 Å². The Balaban J connectivity index is 2.19. The van der Waals surface area contributed by atoms with Gasteiger partial charge >= 0.3 is 0 Å². The van der Waals surface area contributed by atoms with Gasteiger partial charge in [0.1, 0.15) is 0 Å². The number of aliphatic imine (C=N–C) groups is 1. The fourth-order valence-corrected chi connectivity index (χ4v) is 1.77. The van der Waals surface area contributed by atoms with Crippen molar-refractivity contribution < 1.29 is 4.79 Å². The van der Waals surface area contributed by atoms with Crippen LogP contribution in [0, 0.1) is 0 Å². The lowest BCUT2D eigenvalue weighted by Gasteiger charge is -2.02. The van der Waals surface area contributed by atoms with Crippen molar-refractivity contribution in [1.82, 2.24) is 0 Å². The van der Waals surface area contributed by atoms with E-state index in [0.29, 0.717) is 5.69 Å². The molecule has 0 amide bonds. The highest BCUT2D eigenvalue weighted by molar-refractivity contribution is 9.10. The first kappa shape index (κ1) is 11.1. The molecule has 0 bridgehead atoms. The second kappa shape index (κ2) is 3.90. The fourth-order valence-electron chi connectivity index (χ4n) is 1.38. The number of benzene rings is 1. The minimum Gasteiger partial charge on any atom is -0.295 e. The summed E-state index contributed by atoms with van der Waals surface area (Å²) in [6.07, 6.45) is 0. The zero-order valence-electron chi connectivity index (χ0n) is 8.94. The van der Waals surface area contributed by atoms with Crippen molar-refractivity contribution in [2.75, 3.05) is 0 Å². The standard InChI is InChI=1S/C11H10BrN3O/c1-7-11(13-7,8(2)16)15-14-10-5-3-4-9(12)6-10/h3-6H,1-2H3/t11-/m0/s1. The van der Waals surface area contributed by atoms with E-state index in [1.807, 2.05) is 24.3 Å². The lowest BCUT2D eigenvalue weighted by Crippen LogP contribution is -2.23. The summed E-state index contributed by atoms with van der Waals surface area (Å²) in [5, 5.41) is 8.04. The molecule has 16 heavy (non-hydrogen) atoms. The lowest BCUT2D eigenvalue weighted by molar-refractivity contribution is -0.118. The largest absolute Gasteiger partial charge is 0.295 e. The Bertz CT molecular complexity index is 510. The smallest absolute Gasteiger partial charge is 0.266 e. The van der Waals surface area contributed by atoms with E-state index in [2.05, 4.69) is 31.2 Å². The molecule has 82 valence electrons. The van der Waals surface area contributed by atoms with Crippen LogP contribution in [0.5, 0.6) is 0 Å². The summed E-state index contributed by atoms with van der Waals surface area (Å²) in [6.45, 7) is 3.25. The van der Waals surface area contributed by atoms with Gasteiger partial charge in [-0.2, -0.15) is 5.11 Å². The third kappa shape index (κ3) is 1.95. The Morgan fingerprint density at radius 2 is 2.19 bits per heavy atom. The van der Waals surface area contributed by atoms with Gasteiger partial charge in [-0.1, -0.05) is 22.0 Å². The summed E-state index contributed by atoms with van der Waals surface area (Å²) in [5.41, 5.74) is 0.422. The third-order valence-corrected chi connectivity index (χ3v) is 2.89. The number of hydrogen-bond donors (Lipinski definition) is 0. The van der Waals surface area contributed by atoms with Crippen molar-refractivity contribution in [2.45, 2.75) is 19.5 Å². The van der Waals surface area contributed by atoms with E-state index in [1.54, 1.807) is 6.92 Å². The molecule has 0 fully saturated rings. The van der Waals surface area contributed by atoms with Crippen molar-refractivity contribution in [3.8, 4) is 0 Å². The Morgan fingerprint density at radius 1 is 1.50 bits per heavy atom. The maximum atomic E-state index is 11.3. The van der Waals surface area contributed by atoms with Crippen LogP contribution in [0.25, 0.3) is 0 Å². The molecule has 0 unspecified atom stereocenters. The predicted molar refractivity (Wildman–Crippen MR) is 65.2 cm³/mol. The van der Waals surface area contributed by atoms with Crippen LogP contribution in [0.2, 0.25) is 0 Å². The Hall–Kier alpha value is -1.36. The average molecular weight is 280 g/mol. The molecule has 5 heteroatoms. The van der Waals surface area contributed by atoms with Crippen molar-refractivity contribution >= 4 is 33.1 Å². The first-order valence-electron chi connectivity index (χ1n) is 4.81. The second-order valence-electron chi connectivity index (χ2n) is 3.61. The van der Waals surface area contributed by atoms with Crippen molar-refractivity contribution in [1.29, 1.82) is 0 Å². The van der Waals surface area contributed by atoms with E-state index in [9.17, 15) is 4.79 Å².